The number of nitrogens with two attached hydrogens (primary N) is 1. The Labute approximate surface area is 119 Å². The normalized spacial score (nSPS) is 18.3. The van der Waals surface area contributed by atoms with Crippen LogP contribution in [0.2, 0.25) is 0 Å². The van der Waals surface area contributed by atoms with Crippen molar-refractivity contribution in [3.05, 3.63) is 17.7 Å². The Morgan fingerprint density at radius 3 is 2.48 bits per heavy atom. The highest BCUT2D eigenvalue weighted by atomic mass is 19.4. The summed E-state index contributed by atoms with van der Waals surface area (Å²) >= 11 is 0. The summed E-state index contributed by atoms with van der Waals surface area (Å²) in [5.74, 6) is 5.01. The minimum Gasteiger partial charge on any atom is -0.388 e. The van der Waals surface area contributed by atoms with Gasteiger partial charge in [0, 0.05) is 32.6 Å². The van der Waals surface area contributed by atoms with Crippen LogP contribution in [0.1, 0.15) is 18.4 Å². The Morgan fingerprint density at radius 1 is 1.29 bits per heavy atom. The number of pyridine rings is 1. The molecule has 0 aromatic carbocycles. The van der Waals surface area contributed by atoms with E-state index >= 15 is 0 Å². The van der Waals surface area contributed by atoms with Crippen molar-refractivity contribution in [3.8, 4) is 0 Å². The molecule has 118 valence electrons. The highest BCUT2D eigenvalue weighted by molar-refractivity contribution is 5.49. The Balaban J connectivity index is 2.12. The molecule has 6 nitrogen and oxygen atoms in total. The second-order valence-corrected chi connectivity index (χ2v) is 4.96. The lowest BCUT2D eigenvalue weighted by atomic mass is 9.94. The zero-order valence-electron chi connectivity index (χ0n) is 11.2. The van der Waals surface area contributed by atoms with E-state index in [-0.39, 0.29) is 18.2 Å². The van der Waals surface area contributed by atoms with Gasteiger partial charge in [-0.1, -0.05) is 0 Å². The summed E-state index contributed by atoms with van der Waals surface area (Å²) < 4.78 is 43.4. The van der Waals surface area contributed by atoms with Crippen LogP contribution in [0.4, 0.5) is 24.8 Å². The van der Waals surface area contributed by atoms with Gasteiger partial charge in [-0.15, -0.1) is 0 Å². The smallest absolute Gasteiger partial charge is 0.388 e. The Hall–Kier alpha value is -1.58. The number of ether oxygens (including phenoxy) is 1. The van der Waals surface area contributed by atoms with Gasteiger partial charge < -0.3 is 20.6 Å². The molecular weight excluding hydrogens is 289 g/mol. The average molecular weight is 306 g/mol. The van der Waals surface area contributed by atoms with E-state index in [4.69, 9.17) is 10.6 Å². The Bertz CT molecular complexity index is 490. The first-order valence-corrected chi connectivity index (χ1v) is 6.42. The molecule has 0 radical (unpaired) electrons. The maximum atomic E-state index is 12.8. The highest BCUT2D eigenvalue weighted by Gasteiger charge is 2.33. The number of hydrazine groups is 1. The molecule has 2 heterocycles. The molecule has 0 bridgehead atoms. The Morgan fingerprint density at radius 2 is 1.90 bits per heavy atom. The van der Waals surface area contributed by atoms with E-state index in [1.165, 1.54) is 0 Å². The fourth-order valence-corrected chi connectivity index (χ4v) is 2.04. The van der Waals surface area contributed by atoms with Gasteiger partial charge in [-0.2, -0.15) is 13.2 Å². The van der Waals surface area contributed by atoms with Crippen LogP contribution in [0, 0.1) is 0 Å². The molecule has 0 aliphatic carbocycles. The van der Waals surface area contributed by atoms with Gasteiger partial charge in [0.1, 0.15) is 11.6 Å². The lowest BCUT2D eigenvalue weighted by molar-refractivity contribution is -0.137. The minimum absolute atomic E-state index is 0.00214. The van der Waals surface area contributed by atoms with Crippen molar-refractivity contribution in [1.29, 1.82) is 0 Å². The van der Waals surface area contributed by atoms with E-state index in [0.29, 0.717) is 26.1 Å². The van der Waals surface area contributed by atoms with Crippen LogP contribution in [-0.4, -0.2) is 35.5 Å². The number of hydrogen-bond acceptors (Lipinski definition) is 6. The van der Waals surface area contributed by atoms with Crippen molar-refractivity contribution < 1.29 is 23.0 Å². The SMILES string of the molecule is NNc1cc(C(F)(F)F)cc(NCC2(O)CCOCC2)n1. The van der Waals surface area contributed by atoms with Crippen molar-refractivity contribution >= 4 is 11.6 Å². The number of anilines is 2. The van der Waals surface area contributed by atoms with Crippen molar-refractivity contribution in [2.75, 3.05) is 30.5 Å². The molecule has 1 aromatic rings. The molecule has 0 unspecified atom stereocenters. The molecular formula is C12H17F3N4O2. The summed E-state index contributed by atoms with van der Waals surface area (Å²) in [6, 6.07) is 1.69. The largest absolute Gasteiger partial charge is 0.416 e. The molecule has 1 fully saturated rings. The maximum Gasteiger partial charge on any atom is 0.416 e. The fraction of sp³-hybridized carbons (Fsp3) is 0.583. The summed E-state index contributed by atoms with van der Waals surface area (Å²) in [5.41, 5.74) is 0.216. The first-order valence-electron chi connectivity index (χ1n) is 6.42. The van der Waals surface area contributed by atoms with Gasteiger partial charge in [0.15, 0.2) is 0 Å². The third-order valence-corrected chi connectivity index (χ3v) is 3.32. The van der Waals surface area contributed by atoms with Crippen molar-refractivity contribution in [2.45, 2.75) is 24.6 Å². The first-order chi connectivity index (χ1) is 9.82. The van der Waals surface area contributed by atoms with Crippen LogP contribution in [0.5, 0.6) is 0 Å². The highest BCUT2D eigenvalue weighted by Crippen LogP contribution is 2.32. The van der Waals surface area contributed by atoms with Gasteiger partial charge in [-0.25, -0.2) is 10.8 Å². The number of nitrogens with one attached hydrogen (secondary N) is 2. The monoisotopic (exact) mass is 306 g/mol. The summed E-state index contributed by atoms with van der Waals surface area (Å²) in [6.07, 6.45) is -3.66. The summed E-state index contributed by atoms with van der Waals surface area (Å²) in [5, 5.41) is 13.0. The van der Waals surface area contributed by atoms with Crippen LogP contribution in [0.15, 0.2) is 12.1 Å². The minimum atomic E-state index is -4.50. The molecule has 1 aromatic heterocycles. The summed E-state index contributed by atoms with van der Waals surface area (Å²) in [4.78, 5) is 3.89. The summed E-state index contributed by atoms with van der Waals surface area (Å²) in [7, 11) is 0. The lowest BCUT2D eigenvalue weighted by Gasteiger charge is -2.32. The molecule has 1 saturated heterocycles. The molecule has 0 atom stereocenters. The van der Waals surface area contributed by atoms with E-state index in [1.807, 2.05) is 0 Å². The van der Waals surface area contributed by atoms with E-state index in [1.54, 1.807) is 0 Å². The van der Waals surface area contributed by atoms with E-state index < -0.39 is 17.3 Å². The van der Waals surface area contributed by atoms with Gasteiger partial charge in [0.25, 0.3) is 0 Å². The molecule has 0 saturated carbocycles. The number of alkyl halides is 3. The molecule has 0 spiro atoms. The number of aliphatic hydroxyl groups is 1. The predicted molar refractivity (Wildman–Crippen MR) is 70.5 cm³/mol. The topological polar surface area (TPSA) is 92.4 Å². The molecule has 9 heteroatoms. The van der Waals surface area contributed by atoms with Crippen LogP contribution in [0.25, 0.3) is 0 Å². The van der Waals surface area contributed by atoms with E-state index in [9.17, 15) is 18.3 Å². The number of hydrogen-bond donors (Lipinski definition) is 4. The van der Waals surface area contributed by atoms with Gasteiger partial charge in [-0.05, 0) is 12.1 Å². The third kappa shape index (κ3) is 4.19. The molecule has 2 rings (SSSR count). The average Bonchev–Trinajstić information content (AvgIpc) is 2.45. The van der Waals surface area contributed by atoms with Crippen LogP contribution in [0.3, 0.4) is 0 Å². The zero-order chi connectivity index (χ0) is 15.5. The number of aromatic nitrogens is 1. The van der Waals surface area contributed by atoms with Crippen LogP contribution >= 0.6 is 0 Å². The second kappa shape index (κ2) is 6.04. The van der Waals surface area contributed by atoms with Gasteiger partial charge in [-0.3, -0.25) is 0 Å². The van der Waals surface area contributed by atoms with Crippen molar-refractivity contribution in [2.24, 2.45) is 5.84 Å². The summed E-state index contributed by atoms with van der Waals surface area (Å²) in [6.45, 7) is 0.933. The third-order valence-electron chi connectivity index (χ3n) is 3.32. The second-order valence-electron chi connectivity index (χ2n) is 4.96. The molecule has 1 aliphatic rings. The quantitative estimate of drug-likeness (QED) is 0.495. The van der Waals surface area contributed by atoms with E-state index in [2.05, 4.69) is 15.7 Å². The van der Waals surface area contributed by atoms with Gasteiger partial charge in [0.2, 0.25) is 0 Å². The van der Waals surface area contributed by atoms with Crippen LogP contribution in [-0.2, 0) is 10.9 Å². The van der Waals surface area contributed by atoms with Crippen LogP contribution < -0.4 is 16.6 Å². The van der Waals surface area contributed by atoms with Crippen molar-refractivity contribution in [3.63, 3.8) is 0 Å². The molecule has 1 aliphatic heterocycles. The zero-order valence-corrected chi connectivity index (χ0v) is 11.2. The molecule has 5 N–H and O–H groups in total. The number of rotatable bonds is 4. The lowest BCUT2D eigenvalue weighted by Crippen LogP contribution is -2.42. The van der Waals surface area contributed by atoms with Gasteiger partial charge in [0.05, 0.1) is 11.2 Å². The number of nitrogen functional groups attached to an aromatic ring is 1. The Kier molecular flexibility index (Phi) is 4.55. The standard InChI is InChI=1S/C12H17F3N4O2/c13-12(14,15)8-5-9(18-10(6-8)19-16)17-7-11(20)1-3-21-4-2-11/h5-6,20H,1-4,7,16H2,(H2,17,18,19). The molecule has 21 heavy (non-hydrogen) atoms. The van der Waals surface area contributed by atoms with E-state index in [0.717, 1.165) is 12.1 Å². The molecule has 0 amide bonds. The first kappa shape index (κ1) is 15.8. The predicted octanol–water partition coefficient (Wildman–Crippen LogP) is 1.34. The number of nitrogens with zero attached hydrogens (tertiary/aromatic N) is 1. The maximum absolute atomic E-state index is 12.8. The van der Waals surface area contributed by atoms with Gasteiger partial charge >= 0.3 is 6.18 Å². The van der Waals surface area contributed by atoms with Crippen molar-refractivity contribution in [1.82, 2.24) is 4.98 Å². The fourth-order valence-electron chi connectivity index (χ4n) is 2.04. The number of halogens is 3.